The molecule has 0 aliphatic carbocycles. The number of hydrogen-bond acceptors (Lipinski definition) is 3. The van der Waals surface area contributed by atoms with E-state index < -0.39 is 12.0 Å². The van der Waals surface area contributed by atoms with Crippen LogP contribution in [0.5, 0.6) is 0 Å². The van der Waals surface area contributed by atoms with E-state index in [-0.39, 0.29) is 18.7 Å². The third kappa shape index (κ3) is 4.35. The van der Waals surface area contributed by atoms with Gasteiger partial charge in [0.05, 0.1) is 24.2 Å². The highest BCUT2D eigenvalue weighted by molar-refractivity contribution is 6.30. The van der Waals surface area contributed by atoms with Gasteiger partial charge in [0.1, 0.15) is 0 Å². The molecule has 1 amide bonds. The van der Waals surface area contributed by atoms with Crippen LogP contribution < -0.4 is 5.32 Å². The molecule has 7 heteroatoms. The summed E-state index contributed by atoms with van der Waals surface area (Å²) in [4.78, 5) is 22.8. The van der Waals surface area contributed by atoms with Gasteiger partial charge in [-0.25, -0.2) is 4.68 Å². The van der Waals surface area contributed by atoms with E-state index in [1.165, 1.54) is 0 Å². The van der Waals surface area contributed by atoms with Crippen molar-refractivity contribution in [3.8, 4) is 5.69 Å². The molecule has 24 heavy (non-hydrogen) atoms. The number of hydrogen-bond donors (Lipinski definition) is 2. The first-order valence-electron chi connectivity index (χ1n) is 7.60. The summed E-state index contributed by atoms with van der Waals surface area (Å²) < 4.78 is 1.77. The monoisotopic (exact) mass is 349 g/mol. The Hall–Kier alpha value is -2.34. The van der Waals surface area contributed by atoms with Gasteiger partial charge in [-0.05, 0) is 45.0 Å². The van der Waals surface area contributed by atoms with Gasteiger partial charge in [-0.2, -0.15) is 5.10 Å². The molecular weight excluding hydrogens is 330 g/mol. The van der Waals surface area contributed by atoms with E-state index in [1.54, 1.807) is 23.7 Å². The van der Waals surface area contributed by atoms with Crippen LogP contribution in [0, 0.1) is 13.8 Å². The topological polar surface area (TPSA) is 84.2 Å². The van der Waals surface area contributed by atoms with Gasteiger partial charge < -0.3 is 10.4 Å². The maximum Gasteiger partial charge on any atom is 0.305 e. The van der Waals surface area contributed by atoms with Crippen molar-refractivity contribution in [1.29, 1.82) is 0 Å². The number of rotatable bonds is 6. The summed E-state index contributed by atoms with van der Waals surface area (Å²) in [6.07, 6.45) is 0.0585. The van der Waals surface area contributed by atoms with Crippen molar-refractivity contribution in [2.24, 2.45) is 0 Å². The molecule has 0 saturated carbocycles. The standard InChI is InChI=1S/C17H20ClN3O3/c1-10(8-17(23)24)19-16(22)9-15-11(2)20-21(12(15)3)14-6-4-13(18)5-7-14/h4-7,10H,8-9H2,1-3H3,(H,19,22)(H,23,24). The number of carboxylic acid groups (broad SMARTS) is 1. The highest BCUT2D eigenvalue weighted by Crippen LogP contribution is 2.20. The number of aryl methyl sites for hydroxylation is 1. The van der Waals surface area contributed by atoms with Crippen LogP contribution in [-0.4, -0.2) is 32.8 Å². The van der Waals surface area contributed by atoms with Gasteiger partial charge in [0.25, 0.3) is 0 Å². The van der Waals surface area contributed by atoms with Crippen molar-refractivity contribution < 1.29 is 14.7 Å². The zero-order valence-corrected chi connectivity index (χ0v) is 14.6. The molecule has 0 saturated heterocycles. The number of aliphatic carboxylic acids is 1. The SMILES string of the molecule is Cc1nn(-c2ccc(Cl)cc2)c(C)c1CC(=O)NC(C)CC(=O)O. The maximum atomic E-state index is 12.1. The minimum Gasteiger partial charge on any atom is -0.481 e. The average Bonchev–Trinajstić information content (AvgIpc) is 2.75. The van der Waals surface area contributed by atoms with Gasteiger partial charge in [0.2, 0.25) is 5.91 Å². The minimum absolute atomic E-state index is 0.103. The molecule has 2 N–H and O–H groups in total. The Balaban J connectivity index is 2.15. The second kappa shape index (κ2) is 7.49. The van der Waals surface area contributed by atoms with E-state index in [4.69, 9.17) is 16.7 Å². The van der Waals surface area contributed by atoms with Crippen LogP contribution in [-0.2, 0) is 16.0 Å². The molecule has 6 nitrogen and oxygen atoms in total. The zero-order valence-electron chi connectivity index (χ0n) is 13.8. The lowest BCUT2D eigenvalue weighted by Crippen LogP contribution is -2.35. The molecular formula is C17H20ClN3O3. The van der Waals surface area contributed by atoms with Crippen LogP contribution in [0.15, 0.2) is 24.3 Å². The molecule has 0 fully saturated rings. The summed E-state index contributed by atoms with van der Waals surface area (Å²) in [6.45, 7) is 5.42. The molecule has 0 spiro atoms. The van der Waals surface area contributed by atoms with Crippen LogP contribution in [0.1, 0.15) is 30.3 Å². The Morgan fingerprint density at radius 1 is 1.29 bits per heavy atom. The second-order valence-electron chi connectivity index (χ2n) is 5.78. The predicted molar refractivity (Wildman–Crippen MR) is 91.6 cm³/mol. The number of amides is 1. The molecule has 2 aromatic rings. The lowest BCUT2D eigenvalue weighted by molar-refractivity contribution is -0.137. The lowest BCUT2D eigenvalue weighted by atomic mass is 10.1. The highest BCUT2D eigenvalue weighted by atomic mass is 35.5. The molecule has 0 aliphatic rings. The summed E-state index contributed by atoms with van der Waals surface area (Å²) in [5.74, 6) is -1.16. The van der Waals surface area contributed by atoms with Gasteiger partial charge in [-0.3, -0.25) is 9.59 Å². The Labute approximate surface area is 145 Å². The highest BCUT2D eigenvalue weighted by Gasteiger charge is 2.17. The molecule has 1 unspecified atom stereocenters. The fourth-order valence-electron chi connectivity index (χ4n) is 2.56. The van der Waals surface area contributed by atoms with Crippen molar-refractivity contribution in [3.63, 3.8) is 0 Å². The number of nitrogens with zero attached hydrogens (tertiary/aromatic N) is 2. The van der Waals surface area contributed by atoms with Gasteiger partial charge in [0.15, 0.2) is 0 Å². The first-order valence-corrected chi connectivity index (χ1v) is 7.98. The Morgan fingerprint density at radius 2 is 1.92 bits per heavy atom. The summed E-state index contributed by atoms with van der Waals surface area (Å²) in [5, 5.41) is 16.6. The average molecular weight is 350 g/mol. The third-order valence-electron chi connectivity index (χ3n) is 3.74. The molecule has 1 heterocycles. The number of halogens is 1. The number of aromatic nitrogens is 2. The van der Waals surface area contributed by atoms with Crippen LogP contribution in [0.2, 0.25) is 5.02 Å². The molecule has 128 valence electrons. The summed E-state index contributed by atoms with van der Waals surface area (Å²) in [7, 11) is 0. The van der Waals surface area contributed by atoms with Crippen LogP contribution in [0.25, 0.3) is 5.69 Å². The zero-order chi connectivity index (χ0) is 17.9. The van der Waals surface area contributed by atoms with Crippen LogP contribution in [0.4, 0.5) is 0 Å². The molecule has 2 rings (SSSR count). The Morgan fingerprint density at radius 3 is 2.50 bits per heavy atom. The summed E-state index contributed by atoms with van der Waals surface area (Å²) in [6, 6.07) is 6.88. The van der Waals surface area contributed by atoms with Crippen molar-refractivity contribution in [2.75, 3.05) is 0 Å². The first-order chi connectivity index (χ1) is 11.3. The number of benzene rings is 1. The Kier molecular flexibility index (Phi) is 5.62. The van der Waals surface area contributed by atoms with Crippen molar-refractivity contribution in [2.45, 2.75) is 39.7 Å². The van der Waals surface area contributed by atoms with Crippen LogP contribution >= 0.6 is 11.6 Å². The van der Waals surface area contributed by atoms with E-state index in [9.17, 15) is 9.59 Å². The van der Waals surface area contributed by atoms with E-state index >= 15 is 0 Å². The van der Waals surface area contributed by atoms with E-state index in [1.807, 2.05) is 26.0 Å². The van der Waals surface area contributed by atoms with E-state index in [0.717, 1.165) is 22.6 Å². The number of nitrogens with one attached hydrogen (secondary N) is 1. The van der Waals surface area contributed by atoms with Crippen molar-refractivity contribution in [3.05, 3.63) is 46.2 Å². The lowest BCUT2D eigenvalue weighted by Gasteiger charge is -2.11. The predicted octanol–water partition coefficient (Wildman–Crippen LogP) is 2.66. The smallest absolute Gasteiger partial charge is 0.305 e. The maximum absolute atomic E-state index is 12.1. The van der Waals surface area contributed by atoms with Gasteiger partial charge in [-0.15, -0.1) is 0 Å². The van der Waals surface area contributed by atoms with Gasteiger partial charge in [-0.1, -0.05) is 11.6 Å². The fourth-order valence-corrected chi connectivity index (χ4v) is 2.69. The van der Waals surface area contributed by atoms with Crippen molar-refractivity contribution >= 4 is 23.5 Å². The number of carbonyl (C=O) groups excluding carboxylic acids is 1. The molecule has 1 aromatic carbocycles. The van der Waals surface area contributed by atoms with Crippen molar-refractivity contribution in [1.82, 2.24) is 15.1 Å². The molecule has 1 atom stereocenters. The summed E-state index contributed by atoms with van der Waals surface area (Å²) >= 11 is 5.90. The number of carboxylic acids is 1. The third-order valence-corrected chi connectivity index (χ3v) is 3.99. The number of carbonyl (C=O) groups is 2. The minimum atomic E-state index is -0.939. The first kappa shape index (κ1) is 18.0. The van der Waals surface area contributed by atoms with Gasteiger partial charge in [0, 0.05) is 22.3 Å². The molecule has 0 radical (unpaired) electrons. The second-order valence-corrected chi connectivity index (χ2v) is 6.22. The fraction of sp³-hybridized carbons (Fsp3) is 0.353. The summed E-state index contributed by atoms with van der Waals surface area (Å²) in [5.41, 5.74) is 3.34. The van der Waals surface area contributed by atoms with Crippen LogP contribution in [0.3, 0.4) is 0 Å². The molecule has 0 aliphatic heterocycles. The van der Waals surface area contributed by atoms with E-state index in [0.29, 0.717) is 5.02 Å². The molecule has 1 aromatic heterocycles. The molecule has 0 bridgehead atoms. The van der Waals surface area contributed by atoms with E-state index in [2.05, 4.69) is 10.4 Å². The normalized spacial score (nSPS) is 12.0. The Bertz CT molecular complexity index is 753. The van der Waals surface area contributed by atoms with Gasteiger partial charge >= 0.3 is 5.97 Å². The largest absolute Gasteiger partial charge is 0.481 e. The quantitative estimate of drug-likeness (QED) is 0.839.